The van der Waals surface area contributed by atoms with Gasteiger partial charge in [0.25, 0.3) is 0 Å². The largest absolute Gasteiger partial charge is 0.309 e. The normalized spacial score (nSPS) is 44.7. The van der Waals surface area contributed by atoms with Crippen molar-refractivity contribution in [3.63, 3.8) is 0 Å². The van der Waals surface area contributed by atoms with Crippen molar-refractivity contribution in [1.82, 2.24) is 5.32 Å². The fourth-order valence-electron chi connectivity index (χ4n) is 3.53. The predicted molar refractivity (Wildman–Crippen MR) is 59.5 cm³/mol. The first-order chi connectivity index (χ1) is 7.36. The number of allylic oxidation sites excluding steroid dienone is 1. The van der Waals surface area contributed by atoms with Crippen molar-refractivity contribution in [3.8, 4) is 0 Å². The Hall–Kier alpha value is -0.630. The van der Waals surface area contributed by atoms with Gasteiger partial charge in [-0.05, 0) is 25.7 Å². The van der Waals surface area contributed by atoms with E-state index in [-0.39, 0.29) is 5.92 Å². The van der Waals surface area contributed by atoms with Crippen LogP contribution < -0.4 is 5.32 Å². The lowest BCUT2D eigenvalue weighted by molar-refractivity contribution is -0.133. The van der Waals surface area contributed by atoms with Gasteiger partial charge in [-0.25, -0.2) is 0 Å². The van der Waals surface area contributed by atoms with E-state index in [9.17, 15) is 4.79 Å². The smallest absolute Gasteiger partial charge is 0.142 e. The minimum absolute atomic E-state index is 0.286. The van der Waals surface area contributed by atoms with Crippen molar-refractivity contribution < 1.29 is 4.79 Å². The van der Waals surface area contributed by atoms with Crippen LogP contribution in [-0.4, -0.2) is 17.9 Å². The number of ketones is 1. The van der Waals surface area contributed by atoms with Crippen LogP contribution in [0.4, 0.5) is 0 Å². The van der Waals surface area contributed by atoms with Gasteiger partial charge in [0.1, 0.15) is 5.78 Å². The summed E-state index contributed by atoms with van der Waals surface area (Å²) in [5.41, 5.74) is 0. The number of rotatable bonds is 0. The van der Waals surface area contributed by atoms with E-state index in [1.165, 1.54) is 19.3 Å². The summed E-state index contributed by atoms with van der Waals surface area (Å²) in [5.74, 6) is 1.19. The molecule has 3 aliphatic rings. The Morgan fingerprint density at radius 1 is 1.00 bits per heavy atom. The minimum Gasteiger partial charge on any atom is -0.309 e. The topological polar surface area (TPSA) is 29.1 Å². The maximum Gasteiger partial charge on any atom is 0.142 e. The first kappa shape index (κ1) is 9.59. The summed E-state index contributed by atoms with van der Waals surface area (Å²) in [7, 11) is 0. The molecule has 2 nitrogen and oxygen atoms in total. The Kier molecular flexibility index (Phi) is 2.39. The Morgan fingerprint density at radius 3 is 2.73 bits per heavy atom. The Balaban J connectivity index is 1.83. The molecule has 0 radical (unpaired) electrons. The van der Waals surface area contributed by atoms with Crippen LogP contribution in [0.1, 0.15) is 38.5 Å². The number of carbonyl (C=O) groups is 1. The van der Waals surface area contributed by atoms with E-state index in [0.29, 0.717) is 23.8 Å². The highest BCUT2D eigenvalue weighted by Crippen LogP contribution is 2.36. The van der Waals surface area contributed by atoms with Gasteiger partial charge in [-0.2, -0.15) is 0 Å². The molecule has 4 unspecified atom stereocenters. The summed E-state index contributed by atoms with van der Waals surface area (Å²) < 4.78 is 0. The van der Waals surface area contributed by atoms with E-state index in [2.05, 4.69) is 17.5 Å². The summed E-state index contributed by atoms with van der Waals surface area (Å²) in [6.45, 7) is 0. The van der Waals surface area contributed by atoms with Crippen LogP contribution >= 0.6 is 0 Å². The minimum atomic E-state index is 0.286. The molecular formula is C13H19NO. The summed E-state index contributed by atoms with van der Waals surface area (Å²) in [5, 5.41) is 3.72. The molecule has 1 saturated heterocycles. The van der Waals surface area contributed by atoms with E-state index >= 15 is 0 Å². The second-order valence-corrected chi connectivity index (χ2v) is 5.22. The molecule has 15 heavy (non-hydrogen) atoms. The van der Waals surface area contributed by atoms with Crippen LogP contribution in [0, 0.1) is 11.8 Å². The van der Waals surface area contributed by atoms with E-state index in [4.69, 9.17) is 0 Å². The van der Waals surface area contributed by atoms with Crippen molar-refractivity contribution in [2.45, 2.75) is 50.6 Å². The van der Waals surface area contributed by atoms with Crippen molar-refractivity contribution >= 4 is 5.78 Å². The first-order valence-electron chi connectivity index (χ1n) is 6.31. The van der Waals surface area contributed by atoms with Crippen LogP contribution in [0.2, 0.25) is 0 Å². The quantitative estimate of drug-likeness (QED) is 0.613. The number of hydrogen-bond donors (Lipinski definition) is 1. The van der Waals surface area contributed by atoms with Gasteiger partial charge in [-0.1, -0.05) is 25.0 Å². The van der Waals surface area contributed by atoms with Gasteiger partial charge in [-0.3, -0.25) is 4.79 Å². The summed E-state index contributed by atoms with van der Waals surface area (Å²) in [6.07, 6.45) is 11.3. The monoisotopic (exact) mass is 205 g/mol. The van der Waals surface area contributed by atoms with E-state index in [0.717, 1.165) is 19.3 Å². The van der Waals surface area contributed by atoms with Crippen molar-refractivity contribution in [2.24, 2.45) is 11.8 Å². The van der Waals surface area contributed by atoms with E-state index in [1.54, 1.807) is 0 Å². The third-order valence-corrected chi connectivity index (χ3v) is 4.36. The van der Waals surface area contributed by atoms with Crippen molar-refractivity contribution in [3.05, 3.63) is 12.2 Å². The highest BCUT2D eigenvalue weighted by atomic mass is 16.1. The van der Waals surface area contributed by atoms with Crippen LogP contribution in [0.3, 0.4) is 0 Å². The molecule has 2 fully saturated rings. The molecule has 0 aromatic rings. The van der Waals surface area contributed by atoms with Crippen molar-refractivity contribution in [2.75, 3.05) is 0 Å². The molecule has 82 valence electrons. The molecule has 1 aliphatic heterocycles. The molecule has 2 heteroatoms. The van der Waals surface area contributed by atoms with Crippen molar-refractivity contribution in [1.29, 1.82) is 0 Å². The Labute approximate surface area is 91.1 Å². The second kappa shape index (κ2) is 3.75. The SMILES string of the molecule is O=C1C2CC=CCC2NC2CCCCC12. The molecule has 0 aromatic heterocycles. The zero-order chi connectivity index (χ0) is 10.3. The van der Waals surface area contributed by atoms with Gasteiger partial charge < -0.3 is 5.32 Å². The molecule has 1 N–H and O–H groups in total. The Bertz CT molecular complexity index is 297. The van der Waals surface area contributed by atoms with Crippen LogP contribution in [-0.2, 0) is 4.79 Å². The van der Waals surface area contributed by atoms with Gasteiger partial charge in [-0.15, -0.1) is 0 Å². The third kappa shape index (κ3) is 1.55. The average molecular weight is 205 g/mol. The lowest BCUT2D eigenvalue weighted by Crippen LogP contribution is -2.58. The van der Waals surface area contributed by atoms with Gasteiger partial charge in [0.05, 0.1) is 0 Å². The number of Topliss-reactive ketones (excluding diaryl/α,β-unsaturated/α-hetero) is 1. The molecule has 0 amide bonds. The zero-order valence-electron chi connectivity index (χ0n) is 9.11. The molecule has 4 atom stereocenters. The van der Waals surface area contributed by atoms with Crippen LogP contribution in [0.5, 0.6) is 0 Å². The zero-order valence-corrected chi connectivity index (χ0v) is 9.11. The molecular weight excluding hydrogens is 186 g/mol. The first-order valence-corrected chi connectivity index (χ1v) is 6.31. The van der Waals surface area contributed by atoms with Gasteiger partial charge in [0.2, 0.25) is 0 Å². The van der Waals surface area contributed by atoms with E-state index < -0.39 is 0 Å². The third-order valence-electron chi connectivity index (χ3n) is 4.36. The highest BCUT2D eigenvalue weighted by molar-refractivity contribution is 5.86. The van der Waals surface area contributed by atoms with Crippen LogP contribution in [0.25, 0.3) is 0 Å². The summed E-state index contributed by atoms with van der Waals surface area (Å²) in [4.78, 5) is 12.3. The number of hydrogen-bond acceptors (Lipinski definition) is 2. The number of piperidine rings is 1. The second-order valence-electron chi connectivity index (χ2n) is 5.22. The predicted octanol–water partition coefficient (Wildman–Crippen LogP) is 2.05. The number of carbonyl (C=O) groups excluding carboxylic acids is 1. The molecule has 1 heterocycles. The fraction of sp³-hybridized carbons (Fsp3) is 0.769. The lowest BCUT2D eigenvalue weighted by Gasteiger charge is -2.44. The Morgan fingerprint density at radius 2 is 1.80 bits per heavy atom. The van der Waals surface area contributed by atoms with Gasteiger partial charge in [0, 0.05) is 23.9 Å². The maximum absolute atomic E-state index is 12.3. The summed E-state index contributed by atoms with van der Waals surface area (Å²) >= 11 is 0. The molecule has 0 aromatic carbocycles. The molecule has 2 aliphatic carbocycles. The van der Waals surface area contributed by atoms with Gasteiger partial charge in [0.15, 0.2) is 0 Å². The molecule has 0 spiro atoms. The molecule has 3 rings (SSSR count). The average Bonchev–Trinajstić information content (AvgIpc) is 2.30. The van der Waals surface area contributed by atoms with E-state index in [1.807, 2.05) is 0 Å². The molecule has 1 saturated carbocycles. The van der Waals surface area contributed by atoms with Crippen LogP contribution in [0.15, 0.2) is 12.2 Å². The number of nitrogens with one attached hydrogen (secondary N) is 1. The highest BCUT2D eigenvalue weighted by Gasteiger charge is 2.43. The molecule has 0 bridgehead atoms. The lowest BCUT2D eigenvalue weighted by atomic mass is 9.70. The maximum atomic E-state index is 12.3. The standard InChI is InChI=1S/C13H19NO/c15-13-9-5-1-3-7-11(9)14-12-8-4-2-6-10(12)13/h1,3,9-12,14H,2,4-8H2. The summed E-state index contributed by atoms with van der Waals surface area (Å²) in [6, 6.07) is 0.945. The number of fused-ring (bicyclic) bond motifs is 2. The van der Waals surface area contributed by atoms with Gasteiger partial charge >= 0.3 is 0 Å². The fourth-order valence-corrected chi connectivity index (χ4v) is 3.53.